The number of hydrogen-bond acceptors (Lipinski definition) is 6. The highest BCUT2D eigenvalue weighted by Gasteiger charge is 2.45. The van der Waals surface area contributed by atoms with Gasteiger partial charge in [-0.25, -0.2) is 4.79 Å². The first-order chi connectivity index (χ1) is 16.5. The summed E-state index contributed by atoms with van der Waals surface area (Å²) in [5.41, 5.74) is 2.42. The molecule has 0 amide bonds. The SMILES string of the molecule is CCCCC[C@H](CC[C@@H]1[C@H]2Cc3cccc(OCC(=O)OC)c3C[C@H]2C[C@H]1O)OC(=O)C1CC1. The second-order valence-electron chi connectivity index (χ2n) is 10.5. The zero-order valence-electron chi connectivity index (χ0n) is 20.7. The van der Waals surface area contributed by atoms with Crippen molar-refractivity contribution in [1.29, 1.82) is 0 Å². The number of methoxy groups -OCH3 is 1. The Morgan fingerprint density at radius 1 is 1.15 bits per heavy atom. The molecule has 6 heteroatoms. The molecular weight excluding hydrogens is 432 g/mol. The van der Waals surface area contributed by atoms with Crippen LogP contribution < -0.4 is 4.74 Å². The fourth-order valence-electron chi connectivity index (χ4n) is 5.98. The lowest BCUT2D eigenvalue weighted by Gasteiger charge is -2.32. The number of hydrogen-bond donors (Lipinski definition) is 1. The molecule has 1 aromatic carbocycles. The maximum atomic E-state index is 12.3. The molecule has 0 aliphatic heterocycles. The molecule has 3 aliphatic carbocycles. The number of fused-ring (bicyclic) bond motifs is 2. The molecule has 3 aliphatic rings. The molecule has 0 bridgehead atoms. The van der Waals surface area contributed by atoms with Gasteiger partial charge in [-0.2, -0.15) is 0 Å². The van der Waals surface area contributed by atoms with Crippen molar-refractivity contribution >= 4 is 11.9 Å². The van der Waals surface area contributed by atoms with Crippen LogP contribution in [-0.2, 0) is 31.9 Å². The summed E-state index contributed by atoms with van der Waals surface area (Å²) >= 11 is 0. The van der Waals surface area contributed by atoms with Gasteiger partial charge in [0.1, 0.15) is 11.9 Å². The normalized spacial score (nSPS) is 26.3. The first-order valence-electron chi connectivity index (χ1n) is 13.2. The fourth-order valence-corrected chi connectivity index (χ4v) is 5.98. The average Bonchev–Trinajstić information content (AvgIpc) is 3.64. The van der Waals surface area contributed by atoms with Crippen LogP contribution in [0.5, 0.6) is 5.75 Å². The highest BCUT2D eigenvalue weighted by atomic mass is 16.6. The minimum atomic E-state index is -0.390. The van der Waals surface area contributed by atoms with E-state index in [1.54, 1.807) is 0 Å². The smallest absolute Gasteiger partial charge is 0.343 e. The van der Waals surface area contributed by atoms with Gasteiger partial charge in [-0.05, 0) is 92.7 Å². The molecule has 2 fully saturated rings. The van der Waals surface area contributed by atoms with Gasteiger partial charge in [0, 0.05) is 0 Å². The maximum absolute atomic E-state index is 12.3. The lowest BCUT2D eigenvalue weighted by molar-refractivity contribution is -0.151. The molecule has 6 nitrogen and oxygen atoms in total. The van der Waals surface area contributed by atoms with Gasteiger partial charge in [0.15, 0.2) is 6.61 Å². The van der Waals surface area contributed by atoms with Crippen LogP contribution in [0.1, 0.15) is 75.8 Å². The number of ether oxygens (including phenoxy) is 3. The van der Waals surface area contributed by atoms with Gasteiger partial charge in [-0.15, -0.1) is 0 Å². The summed E-state index contributed by atoms with van der Waals surface area (Å²) in [6.07, 6.45) is 10.2. The average molecular weight is 473 g/mol. The Morgan fingerprint density at radius 3 is 2.71 bits per heavy atom. The van der Waals surface area contributed by atoms with Gasteiger partial charge in [0.2, 0.25) is 0 Å². The number of unbranched alkanes of at least 4 members (excludes halogenated alkanes) is 2. The summed E-state index contributed by atoms with van der Waals surface area (Å²) in [6, 6.07) is 6.04. The van der Waals surface area contributed by atoms with Gasteiger partial charge >= 0.3 is 11.9 Å². The molecule has 0 spiro atoms. The number of rotatable bonds is 12. The Balaban J connectivity index is 1.38. The summed E-state index contributed by atoms with van der Waals surface area (Å²) in [5, 5.41) is 11.0. The largest absolute Gasteiger partial charge is 0.482 e. The van der Waals surface area contributed by atoms with Crippen LogP contribution in [0.4, 0.5) is 0 Å². The molecule has 0 unspecified atom stereocenters. The summed E-state index contributed by atoms with van der Waals surface area (Å²) in [6.45, 7) is 2.10. The topological polar surface area (TPSA) is 82.1 Å². The van der Waals surface area contributed by atoms with Crippen molar-refractivity contribution in [3.05, 3.63) is 29.3 Å². The van der Waals surface area contributed by atoms with Crippen molar-refractivity contribution in [1.82, 2.24) is 0 Å². The van der Waals surface area contributed by atoms with E-state index in [4.69, 9.17) is 14.2 Å². The highest BCUT2D eigenvalue weighted by molar-refractivity contribution is 5.75. The third kappa shape index (κ3) is 6.12. The van der Waals surface area contributed by atoms with Gasteiger partial charge in [-0.3, -0.25) is 4.79 Å². The standard InChI is InChI=1S/C28H40O6/c1-3-4-5-8-21(34-28(31)18-10-11-18)12-13-22-23-14-19-7-6-9-26(33-17-27(30)32-2)24(19)15-20(23)16-25(22)29/h6-7,9,18,20-23,25,29H,3-5,8,10-17H2,1-2H3/t20-,21+,22+,23-,25+/m0/s1. The molecular formula is C28H40O6. The van der Waals surface area contributed by atoms with Crippen LogP contribution in [0, 0.1) is 23.7 Å². The molecule has 5 atom stereocenters. The van der Waals surface area contributed by atoms with Gasteiger partial charge < -0.3 is 19.3 Å². The van der Waals surface area contributed by atoms with E-state index < -0.39 is 5.97 Å². The summed E-state index contributed by atoms with van der Waals surface area (Å²) in [7, 11) is 1.36. The van der Waals surface area contributed by atoms with Crippen LogP contribution in [-0.4, -0.2) is 43.0 Å². The Morgan fingerprint density at radius 2 is 1.97 bits per heavy atom. The van der Waals surface area contributed by atoms with E-state index in [0.29, 0.717) is 11.8 Å². The van der Waals surface area contributed by atoms with E-state index in [0.717, 1.165) is 81.9 Å². The van der Waals surface area contributed by atoms with Crippen molar-refractivity contribution < 1.29 is 28.9 Å². The molecule has 0 aromatic heterocycles. The zero-order chi connectivity index (χ0) is 24.1. The number of aliphatic hydroxyl groups is 1. The first-order valence-corrected chi connectivity index (χ1v) is 13.2. The summed E-state index contributed by atoms with van der Waals surface area (Å²) < 4.78 is 16.4. The van der Waals surface area contributed by atoms with Gasteiger partial charge in [0.25, 0.3) is 0 Å². The first kappa shape index (κ1) is 25.0. The Hall–Kier alpha value is -2.08. The molecule has 0 saturated heterocycles. The molecule has 1 aromatic rings. The molecule has 34 heavy (non-hydrogen) atoms. The van der Waals surface area contributed by atoms with Gasteiger partial charge in [0.05, 0.1) is 19.1 Å². The monoisotopic (exact) mass is 472 g/mol. The van der Waals surface area contributed by atoms with Crippen molar-refractivity contribution in [3.63, 3.8) is 0 Å². The van der Waals surface area contributed by atoms with Crippen LogP contribution in [0.15, 0.2) is 18.2 Å². The predicted molar refractivity (Wildman–Crippen MR) is 128 cm³/mol. The highest BCUT2D eigenvalue weighted by Crippen LogP contribution is 2.48. The lowest BCUT2D eigenvalue weighted by Crippen LogP contribution is -2.29. The molecule has 4 rings (SSSR count). The number of esters is 2. The van der Waals surface area contributed by atoms with Gasteiger partial charge in [-0.1, -0.05) is 31.9 Å². The van der Waals surface area contributed by atoms with Crippen LogP contribution in [0.3, 0.4) is 0 Å². The molecule has 1 N–H and O–H groups in total. The third-order valence-corrected chi connectivity index (χ3v) is 8.06. The van der Waals surface area contributed by atoms with Crippen LogP contribution in [0.2, 0.25) is 0 Å². The van der Waals surface area contributed by atoms with Crippen molar-refractivity contribution in [2.45, 2.75) is 89.8 Å². The number of aliphatic hydroxyl groups excluding tert-OH is 1. The van der Waals surface area contributed by atoms with E-state index >= 15 is 0 Å². The lowest BCUT2D eigenvalue weighted by atomic mass is 9.73. The minimum absolute atomic E-state index is 0.0163. The Labute approximate surface area is 203 Å². The molecule has 0 heterocycles. The predicted octanol–water partition coefficient (Wildman–Crippen LogP) is 4.63. The van der Waals surface area contributed by atoms with E-state index in [-0.39, 0.29) is 36.6 Å². The summed E-state index contributed by atoms with van der Waals surface area (Å²) in [5.74, 6) is 1.53. The fraction of sp³-hybridized carbons (Fsp3) is 0.714. The van der Waals surface area contributed by atoms with Crippen LogP contribution in [0.25, 0.3) is 0 Å². The number of carbonyl (C=O) groups is 2. The number of benzene rings is 1. The quantitative estimate of drug-likeness (QED) is 0.353. The summed E-state index contributed by atoms with van der Waals surface area (Å²) in [4.78, 5) is 23.8. The van der Waals surface area contributed by atoms with Crippen LogP contribution >= 0.6 is 0 Å². The van der Waals surface area contributed by atoms with Crippen molar-refractivity contribution in [2.75, 3.05) is 13.7 Å². The van der Waals surface area contributed by atoms with E-state index in [9.17, 15) is 14.7 Å². The second-order valence-corrected chi connectivity index (χ2v) is 10.5. The Bertz CT molecular complexity index is 847. The minimum Gasteiger partial charge on any atom is -0.482 e. The third-order valence-electron chi connectivity index (χ3n) is 8.06. The molecule has 2 saturated carbocycles. The number of carbonyl (C=O) groups excluding carboxylic acids is 2. The van der Waals surface area contributed by atoms with Crippen molar-refractivity contribution in [2.24, 2.45) is 23.7 Å². The van der Waals surface area contributed by atoms with E-state index in [1.807, 2.05) is 12.1 Å². The Kier molecular flexibility index (Phi) is 8.51. The molecule has 0 radical (unpaired) electrons. The van der Waals surface area contributed by atoms with Crippen molar-refractivity contribution in [3.8, 4) is 5.75 Å². The zero-order valence-corrected chi connectivity index (χ0v) is 20.7. The van der Waals surface area contributed by atoms with E-state index in [1.165, 1.54) is 12.7 Å². The van der Waals surface area contributed by atoms with E-state index in [2.05, 4.69) is 13.0 Å². The maximum Gasteiger partial charge on any atom is 0.343 e. The molecule has 188 valence electrons. The second kappa shape index (κ2) is 11.6.